The van der Waals surface area contributed by atoms with E-state index in [1.165, 1.54) is 0 Å². The SMILES string of the molecule is Cc1[nH]c(CO[SiH](C)C)nc1C(C)(C)C. The molecule has 1 rings (SSSR count). The van der Waals surface area contributed by atoms with Crippen molar-refractivity contribution in [1.29, 1.82) is 0 Å². The molecule has 1 heterocycles. The van der Waals surface area contributed by atoms with Crippen molar-refractivity contribution in [3.63, 3.8) is 0 Å². The van der Waals surface area contributed by atoms with Crippen LogP contribution >= 0.6 is 0 Å². The molecule has 0 bridgehead atoms. The normalized spacial score (nSPS) is 12.5. The smallest absolute Gasteiger partial charge is 0.171 e. The third-order valence-electron chi connectivity index (χ3n) is 2.20. The second kappa shape index (κ2) is 4.49. The van der Waals surface area contributed by atoms with Gasteiger partial charge in [-0.1, -0.05) is 20.8 Å². The zero-order valence-corrected chi connectivity index (χ0v) is 11.8. The highest BCUT2D eigenvalue weighted by Gasteiger charge is 2.20. The molecule has 3 nitrogen and oxygen atoms in total. The quantitative estimate of drug-likeness (QED) is 0.804. The van der Waals surface area contributed by atoms with Crippen molar-refractivity contribution < 1.29 is 4.43 Å². The topological polar surface area (TPSA) is 37.9 Å². The molecule has 1 N–H and O–H groups in total. The fourth-order valence-corrected chi connectivity index (χ4v) is 2.06. The summed E-state index contributed by atoms with van der Waals surface area (Å²) in [4.78, 5) is 7.89. The first kappa shape index (κ1) is 12.5. The van der Waals surface area contributed by atoms with Crippen molar-refractivity contribution >= 4 is 9.04 Å². The molecule has 0 saturated heterocycles. The molecule has 1 aromatic heterocycles. The van der Waals surface area contributed by atoms with E-state index >= 15 is 0 Å². The maximum Gasteiger partial charge on any atom is 0.171 e. The lowest BCUT2D eigenvalue weighted by Gasteiger charge is -2.15. The van der Waals surface area contributed by atoms with Gasteiger partial charge in [-0.15, -0.1) is 0 Å². The molecule has 0 atom stereocenters. The van der Waals surface area contributed by atoms with Crippen LogP contribution in [-0.4, -0.2) is 19.0 Å². The molecule has 0 aromatic carbocycles. The molecular weight excluding hydrogens is 204 g/mol. The molecule has 86 valence electrons. The average molecular weight is 226 g/mol. The summed E-state index contributed by atoms with van der Waals surface area (Å²) in [6.07, 6.45) is 0. The predicted molar refractivity (Wildman–Crippen MR) is 65.7 cm³/mol. The summed E-state index contributed by atoms with van der Waals surface area (Å²) in [7, 11) is -0.949. The van der Waals surface area contributed by atoms with Crippen molar-refractivity contribution in [3.8, 4) is 0 Å². The van der Waals surface area contributed by atoms with Crippen LogP contribution in [0.1, 0.15) is 38.0 Å². The fraction of sp³-hybridized carbons (Fsp3) is 0.727. The first-order valence-corrected chi connectivity index (χ1v) is 8.26. The minimum absolute atomic E-state index is 0.105. The number of aromatic amines is 1. The highest BCUT2D eigenvalue weighted by molar-refractivity contribution is 6.48. The van der Waals surface area contributed by atoms with E-state index < -0.39 is 9.04 Å². The highest BCUT2D eigenvalue weighted by atomic mass is 28.3. The molecule has 0 aliphatic carbocycles. The van der Waals surface area contributed by atoms with Crippen molar-refractivity contribution in [2.75, 3.05) is 0 Å². The van der Waals surface area contributed by atoms with Crippen molar-refractivity contribution in [2.45, 2.75) is 52.8 Å². The average Bonchev–Trinajstić information content (AvgIpc) is 2.42. The van der Waals surface area contributed by atoms with Gasteiger partial charge in [0.1, 0.15) is 5.82 Å². The third-order valence-corrected chi connectivity index (χ3v) is 3.03. The highest BCUT2D eigenvalue weighted by Crippen LogP contribution is 2.23. The lowest BCUT2D eigenvalue weighted by atomic mass is 9.91. The first-order chi connectivity index (χ1) is 6.80. The third kappa shape index (κ3) is 3.46. The van der Waals surface area contributed by atoms with Crippen LogP contribution in [-0.2, 0) is 16.4 Å². The maximum absolute atomic E-state index is 5.65. The van der Waals surface area contributed by atoms with E-state index in [9.17, 15) is 0 Å². The molecule has 0 amide bonds. The number of hydrogen-bond donors (Lipinski definition) is 1. The molecule has 1 aromatic rings. The number of H-pyrrole nitrogens is 1. The van der Waals surface area contributed by atoms with Crippen molar-refractivity contribution in [2.24, 2.45) is 0 Å². The van der Waals surface area contributed by atoms with E-state index in [-0.39, 0.29) is 5.41 Å². The number of rotatable bonds is 3. The molecule has 0 saturated carbocycles. The van der Waals surface area contributed by atoms with Crippen LogP contribution in [0.4, 0.5) is 0 Å². The van der Waals surface area contributed by atoms with Gasteiger partial charge in [0.2, 0.25) is 0 Å². The summed E-state index contributed by atoms with van der Waals surface area (Å²) in [6, 6.07) is 0. The lowest BCUT2D eigenvalue weighted by molar-refractivity contribution is 0.304. The van der Waals surface area contributed by atoms with Gasteiger partial charge in [0.25, 0.3) is 0 Å². The minimum atomic E-state index is -0.949. The first-order valence-electron chi connectivity index (χ1n) is 5.48. The Bertz CT molecular complexity index is 326. The van der Waals surface area contributed by atoms with E-state index in [1.807, 2.05) is 0 Å². The van der Waals surface area contributed by atoms with E-state index in [0.717, 1.165) is 17.2 Å². The molecular formula is C11H22N2OSi. The summed E-state index contributed by atoms with van der Waals surface area (Å²) < 4.78 is 5.65. The van der Waals surface area contributed by atoms with Crippen LogP contribution in [0.2, 0.25) is 13.1 Å². The minimum Gasteiger partial charge on any atom is -0.413 e. The van der Waals surface area contributed by atoms with Gasteiger partial charge in [0, 0.05) is 11.1 Å². The van der Waals surface area contributed by atoms with Gasteiger partial charge in [0.15, 0.2) is 9.04 Å². The Hall–Kier alpha value is -0.613. The zero-order chi connectivity index (χ0) is 11.6. The fourth-order valence-electron chi connectivity index (χ4n) is 1.57. The summed E-state index contributed by atoms with van der Waals surface area (Å²) in [6.45, 7) is 13.6. The second-order valence-corrected chi connectivity index (χ2v) is 7.70. The molecule has 0 spiro atoms. The Labute approximate surface area is 94.0 Å². The van der Waals surface area contributed by atoms with Crippen molar-refractivity contribution in [1.82, 2.24) is 9.97 Å². The molecule has 4 heteroatoms. The van der Waals surface area contributed by atoms with E-state index in [4.69, 9.17) is 4.43 Å². The molecule has 0 unspecified atom stereocenters. The Morgan fingerprint density at radius 3 is 2.33 bits per heavy atom. The van der Waals surface area contributed by atoms with Crippen molar-refractivity contribution in [3.05, 3.63) is 17.2 Å². The summed E-state index contributed by atoms with van der Waals surface area (Å²) in [5.74, 6) is 0.957. The standard InChI is InChI=1S/C11H22N2OSi/c1-8-10(11(2,3)4)13-9(12-8)7-14-15(5)6/h15H,7H2,1-6H3,(H,12,13). The van der Waals surface area contributed by atoms with Crippen LogP contribution in [0.3, 0.4) is 0 Å². The van der Waals surface area contributed by atoms with E-state index in [0.29, 0.717) is 6.61 Å². The monoisotopic (exact) mass is 226 g/mol. The largest absolute Gasteiger partial charge is 0.413 e. The Morgan fingerprint density at radius 1 is 1.33 bits per heavy atom. The molecule has 0 aliphatic heterocycles. The van der Waals surface area contributed by atoms with Crippen LogP contribution in [0.5, 0.6) is 0 Å². The van der Waals surface area contributed by atoms with Gasteiger partial charge in [-0.05, 0) is 20.0 Å². The second-order valence-electron chi connectivity index (χ2n) is 5.27. The van der Waals surface area contributed by atoms with Crippen LogP contribution in [0, 0.1) is 6.92 Å². The van der Waals surface area contributed by atoms with Gasteiger partial charge in [-0.3, -0.25) is 0 Å². The maximum atomic E-state index is 5.65. The number of nitrogens with zero attached hydrogens (tertiary/aromatic N) is 1. The summed E-state index contributed by atoms with van der Waals surface area (Å²) >= 11 is 0. The number of imidazole rings is 1. The molecule has 0 aliphatic rings. The summed E-state index contributed by atoms with van der Waals surface area (Å²) in [5, 5.41) is 0. The van der Waals surface area contributed by atoms with Gasteiger partial charge in [-0.2, -0.15) is 0 Å². The van der Waals surface area contributed by atoms with Gasteiger partial charge in [0.05, 0.1) is 12.3 Å². The van der Waals surface area contributed by atoms with Gasteiger partial charge < -0.3 is 9.41 Å². The van der Waals surface area contributed by atoms with Crippen LogP contribution in [0.25, 0.3) is 0 Å². The van der Waals surface area contributed by atoms with Gasteiger partial charge >= 0.3 is 0 Å². The van der Waals surface area contributed by atoms with Crippen LogP contribution < -0.4 is 0 Å². The Kier molecular flexibility index (Phi) is 3.73. The zero-order valence-electron chi connectivity index (χ0n) is 10.6. The number of nitrogens with one attached hydrogen (secondary N) is 1. The lowest BCUT2D eigenvalue weighted by Crippen LogP contribution is -2.13. The molecule has 15 heavy (non-hydrogen) atoms. The predicted octanol–water partition coefficient (Wildman–Crippen LogP) is 2.52. The van der Waals surface area contributed by atoms with E-state index in [2.05, 4.69) is 50.8 Å². The Balaban J connectivity index is 2.78. The number of hydrogen-bond acceptors (Lipinski definition) is 2. The van der Waals surface area contributed by atoms with Crippen LogP contribution in [0.15, 0.2) is 0 Å². The number of aryl methyl sites for hydroxylation is 1. The number of aromatic nitrogens is 2. The van der Waals surface area contributed by atoms with E-state index in [1.54, 1.807) is 0 Å². The molecule has 0 radical (unpaired) electrons. The summed E-state index contributed by atoms with van der Waals surface area (Å²) in [5.41, 5.74) is 2.41. The Morgan fingerprint density at radius 2 is 1.93 bits per heavy atom. The van der Waals surface area contributed by atoms with Gasteiger partial charge in [-0.25, -0.2) is 4.98 Å². The molecule has 0 fully saturated rings.